The van der Waals surface area contributed by atoms with Crippen LogP contribution in [0.2, 0.25) is 5.02 Å². The molecule has 0 amide bonds. The number of furan rings is 1. The summed E-state index contributed by atoms with van der Waals surface area (Å²) in [6.07, 6.45) is 4.07. The Balaban J connectivity index is 1.91. The summed E-state index contributed by atoms with van der Waals surface area (Å²) in [6.45, 7) is 0.726. The van der Waals surface area contributed by atoms with Crippen LogP contribution >= 0.6 is 11.6 Å². The van der Waals surface area contributed by atoms with Crippen LogP contribution in [0.3, 0.4) is 0 Å². The molecule has 4 heteroatoms. The maximum Gasteiger partial charge on any atom is 0.123 e. The van der Waals surface area contributed by atoms with Gasteiger partial charge >= 0.3 is 0 Å². The molecule has 100 valence electrons. The van der Waals surface area contributed by atoms with E-state index in [1.807, 2.05) is 30.3 Å². The van der Waals surface area contributed by atoms with Crippen molar-refractivity contribution in [3.63, 3.8) is 0 Å². The second kappa shape index (κ2) is 5.27. The monoisotopic (exact) mass is 277 g/mol. The fourth-order valence-corrected chi connectivity index (χ4v) is 2.52. The van der Waals surface area contributed by atoms with Gasteiger partial charge < -0.3 is 14.4 Å². The lowest BCUT2D eigenvalue weighted by molar-refractivity contribution is 0.282. The maximum absolute atomic E-state index is 9.51. The summed E-state index contributed by atoms with van der Waals surface area (Å²) >= 11 is 5.99. The molecule has 3 rings (SSSR count). The Labute approximate surface area is 117 Å². The zero-order valence-corrected chi connectivity index (χ0v) is 11.3. The second-order valence-electron chi connectivity index (χ2n) is 4.87. The molecule has 0 bridgehead atoms. The number of benzene rings is 1. The highest BCUT2D eigenvalue weighted by atomic mass is 35.5. The predicted molar refractivity (Wildman–Crippen MR) is 75.3 cm³/mol. The van der Waals surface area contributed by atoms with E-state index in [1.54, 1.807) is 6.26 Å². The van der Waals surface area contributed by atoms with Crippen LogP contribution < -0.4 is 4.90 Å². The number of nitrogens with zero attached hydrogens (tertiary/aromatic N) is 1. The van der Waals surface area contributed by atoms with Crippen LogP contribution in [0.4, 0.5) is 5.69 Å². The van der Waals surface area contributed by atoms with E-state index in [2.05, 4.69) is 4.90 Å². The molecule has 19 heavy (non-hydrogen) atoms. The first-order valence-electron chi connectivity index (χ1n) is 6.46. The Morgan fingerprint density at radius 2 is 2.16 bits per heavy atom. The Bertz CT molecular complexity index is 549. The standard InChI is InChI=1S/C15H16ClNO2/c16-12-3-6-15(11(8-12)10-18)17(13-4-5-13)9-14-2-1-7-19-14/h1-3,6-8,13,18H,4-5,9-10H2. The van der Waals surface area contributed by atoms with Gasteiger partial charge in [-0.1, -0.05) is 11.6 Å². The normalized spacial score (nSPS) is 14.6. The quantitative estimate of drug-likeness (QED) is 0.907. The van der Waals surface area contributed by atoms with Crippen LogP contribution in [0.15, 0.2) is 41.0 Å². The van der Waals surface area contributed by atoms with Gasteiger partial charge in [-0.25, -0.2) is 0 Å². The Morgan fingerprint density at radius 1 is 1.32 bits per heavy atom. The molecule has 1 heterocycles. The molecule has 1 fully saturated rings. The minimum Gasteiger partial charge on any atom is -0.467 e. The Morgan fingerprint density at radius 3 is 2.79 bits per heavy atom. The number of aliphatic hydroxyl groups is 1. The topological polar surface area (TPSA) is 36.6 Å². The minimum atomic E-state index is -0.00271. The molecule has 0 unspecified atom stereocenters. The van der Waals surface area contributed by atoms with Gasteiger partial charge in [-0.05, 0) is 43.2 Å². The van der Waals surface area contributed by atoms with Crippen molar-refractivity contribution in [3.05, 3.63) is 52.9 Å². The molecule has 0 radical (unpaired) electrons. The second-order valence-corrected chi connectivity index (χ2v) is 5.31. The van der Waals surface area contributed by atoms with Gasteiger partial charge in [0.1, 0.15) is 5.76 Å². The van der Waals surface area contributed by atoms with E-state index in [1.165, 1.54) is 12.8 Å². The van der Waals surface area contributed by atoms with Gasteiger partial charge in [-0.3, -0.25) is 0 Å². The van der Waals surface area contributed by atoms with E-state index >= 15 is 0 Å². The van der Waals surface area contributed by atoms with Crippen molar-refractivity contribution < 1.29 is 9.52 Å². The maximum atomic E-state index is 9.51. The first-order chi connectivity index (χ1) is 9.28. The molecule has 3 nitrogen and oxygen atoms in total. The van der Waals surface area contributed by atoms with Crippen molar-refractivity contribution in [2.75, 3.05) is 4.90 Å². The minimum absolute atomic E-state index is 0.00271. The molecule has 1 aromatic carbocycles. The van der Waals surface area contributed by atoms with E-state index in [0.29, 0.717) is 11.1 Å². The van der Waals surface area contributed by atoms with Gasteiger partial charge in [-0.2, -0.15) is 0 Å². The average molecular weight is 278 g/mol. The average Bonchev–Trinajstić information content (AvgIpc) is 3.13. The zero-order chi connectivity index (χ0) is 13.2. The Hall–Kier alpha value is -1.45. The van der Waals surface area contributed by atoms with Crippen LogP contribution in [-0.4, -0.2) is 11.1 Å². The summed E-state index contributed by atoms with van der Waals surface area (Å²) in [4.78, 5) is 2.29. The number of aliphatic hydroxyl groups excluding tert-OH is 1. The number of anilines is 1. The van der Waals surface area contributed by atoms with Crippen LogP contribution in [0.25, 0.3) is 0 Å². The molecule has 1 N–H and O–H groups in total. The first-order valence-corrected chi connectivity index (χ1v) is 6.84. The van der Waals surface area contributed by atoms with Crippen molar-refractivity contribution in [1.29, 1.82) is 0 Å². The van der Waals surface area contributed by atoms with Gasteiger partial charge in [0.05, 0.1) is 19.4 Å². The summed E-state index contributed by atoms with van der Waals surface area (Å²) in [5.41, 5.74) is 1.91. The van der Waals surface area contributed by atoms with E-state index in [9.17, 15) is 5.11 Å². The van der Waals surface area contributed by atoms with Crippen molar-refractivity contribution in [2.24, 2.45) is 0 Å². The molecular formula is C15H16ClNO2. The summed E-state index contributed by atoms with van der Waals surface area (Å²) in [5, 5.41) is 10.2. The highest BCUT2D eigenvalue weighted by molar-refractivity contribution is 6.30. The lowest BCUT2D eigenvalue weighted by atomic mass is 10.1. The third kappa shape index (κ3) is 2.77. The summed E-state index contributed by atoms with van der Waals surface area (Å²) in [5.74, 6) is 0.936. The third-order valence-electron chi connectivity index (χ3n) is 3.42. The van der Waals surface area contributed by atoms with Gasteiger partial charge in [0.2, 0.25) is 0 Å². The van der Waals surface area contributed by atoms with E-state index < -0.39 is 0 Å². The van der Waals surface area contributed by atoms with Crippen molar-refractivity contribution in [1.82, 2.24) is 0 Å². The fourth-order valence-electron chi connectivity index (χ4n) is 2.33. The lowest BCUT2D eigenvalue weighted by Gasteiger charge is -2.26. The zero-order valence-electron chi connectivity index (χ0n) is 10.6. The molecule has 1 saturated carbocycles. The van der Waals surface area contributed by atoms with Gasteiger partial charge in [0.15, 0.2) is 0 Å². The van der Waals surface area contributed by atoms with Crippen molar-refractivity contribution in [3.8, 4) is 0 Å². The van der Waals surface area contributed by atoms with E-state index in [0.717, 1.165) is 23.6 Å². The molecule has 0 saturated heterocycles. The first kappa shape index (κ1) is 12.6. The van der Waals surface area contributed by atoms with E-state index in [4.69, 9.17) is 16.0 Å². The molecule has 0 atom stereocenters. The fraction of sp³-hybridized carbons (Fsp3) is 0.333. The number of halogens is 1. The predicted octanol–water partition coefficient (Wildman–Crippen LogP) is 3.59. The molecule has 0 spiro atoms. The highest BCUT2D eigenvalue weighted by Crippen LogP contribution is 2.36. The smallest absolute Gasteiger partial charge is 0.123 e. The molecule has 1 aliphatic carbocycles. The van der Waals surface area contributed by atoms with Crippen molar-refractivity contribution >= 4 is 17.3 Å². The van der Waals surface area contributed by atoms with Crippen LogP contribution in [0, 0.1) is 0 Å². The highest BCUT2D eigenvalue weighted by Gasteiger charge is 2.31. The van der Waals surface area contributed by atoms with Crippen LogP contribution in [0.5, 0.6) is 0 Å². The molecule has 0 aliphatic heterocycles. The van der Waals surface area contributed by atoms with Gasteiger partial charge in [0.25, 0.3) is 0 Å². The number of hydrogen-bond donors (Lipinski definition) is 1. The molecule has 1 aromatic heterocycles. The summed E-state index contributed by atoms with van der Waals surface area (Å²) < 4.78 is 5.43. The van der Waals surface area contributed by atoms with Crippen LogP contribution in [-0.2, 0) is 13.2 Å². The summed E-state index contributed by atoms with van der Waals surface area (Å²) in [7, 11) is 0. The lowest BCUT2D eigenvalue weighted by Crippen LogP contribution is -2.25. The molecule has 2 aromatic rings. The number of hydrogen-bond acceptors (Lipinski definition) is 3. The molecule has 1 aliphatic rings. The third-order valence-corrected chi connectivity index (χ3v) is 3.65. The van der Waals surface area contributed by atoms with Crippen molar-refractivity contribution in [2.45, 2.75) is 32.0 Å². The SMILES string of the molecule is OCc1cc(Cl)ccc1N(Cc1ccco1)C1CC1. The van der Waals surface area contributed by atoms with Gasteiger partial charge in [0, 0.05) is 22.3 Å². The summed E-state index contributed by atoms with van der Waals surface area (Å²) in [6, 6.07) is 10.1. The molecular weight excluding hydrogens is 262 g/mol. The Kier molecular flexibility index (Phi) is 3.49. The van der Waals surface area contributed by atoms with Gasteiger partial charge in [-0.15, -0.1) is 0 Å². The van der Waals surface area contributed by atoms with E-state index in [-0.39, 0.29) is 6.61 Å². The largest absolute Gasteiger partial charge is 0.467 e. The van der Waals surface area contributed by atoms with Crippen LogP contribution in [0.1, 0.15) is 24.2 Å². The number of rotatable bonds is 5.